The SMILES string of the molecule is C=C(C=C1C=C1)C(=C)C=C1C=C1. The summed E-state index contributed by atoms with van der Waals surface area (Å²) in [6.45, 7) is 7.85. The molecule has 0 amide bonds. The van der Waals surface area contributed by atoms with E-state index < -0.39 is 0 Å². The second-order valence-corrected chi connectivity index (χ2v) is 3.01. The standard InChI is InChI=1S/C12H10/c1-9(7-11-3-4-11)10(2)8-12-5-6-12/h3-8H,1-2H2. The van der Waals surface area contributed by atoms with Gasteiger partial charge in [-0.05, 0) is 34.4 Å². The predicted octanol–water partition coefficient (Wildman–Crippen LogP) is 3.09. The molecule has 0 fully saturated rings. The molecule has 0 aromatic rings. The molecule has 0 N–H and O–H groups in total. The van der Waals surface area contributed by atoms with Crippen LogP contribution >= 0.6 is 0 Å². The van der Waals surface area contributed by atoms with E-state index in [0.717, 1.165) is 11.1 Å². The van der Waals surface area contributed by atoms with E-state index in [0.29, 0.717) is 0 Å². The Hall–Kier alpha value is -1.56. The molecule has 0 heterocycles. The van der Waals surface area contributed by atoms with Crippen molar-refractivity contribution in [3.63, 3.8) is 0 Å². The maximum Gasteiger partial charge on any atom is -0.0250 e. The summed E-state index contributed by atoms with van der Waals surface area (Å²) >= 11 is 0. The van der Waals surface area contributed by atoms with Gasteiger partial charge in [-0.25, -0.2) is 0 Å². The number of rotatable bonds is 3. The Morgan fingerprint density at radius 2 is 1.17 bits per heavy atom. The van der Waals surface area contributed by atoms with E-state index in [2.05, 4.69) is 37.5 Å². The average Bonchev–Trinajstić information content (AvgIpc) is 2.79. The number of hydrogen-bond donors (Lipinski definition) is 0. The maximum atomic E-state index is 3.93. The highest BCUT2D eigenvalue weighted by atomic mass is 14.1. The Balaban J connectivity index is 1.99. The van der Waals surface area contributed by atoms with E-state index in [4.69, 9.17) is 0 Å². The fraction of sp³-hybridized carbons (Fsp3) is 0. The zero-order valence-corrected chi connectivity index (χ0v) is 6.88. The zero-order chi connectivity index (χ0) is 8.55. The molecule has 0 nitrogen and oxygen atoms in total. The first-order valence-corrected chi connectivity index (χ1v) is 3.93. The van der Waals surface area contributed by atoms with E-state index in [1.807, 2.05) is 12.2 Å². The minimum Gasteiger partial charge on any atom is -0.0912 e. The summed E-state index contributed by atoms with van der Waals surface area (Å²) in [5.74, 6) is 0. The first-order valence-electron chi connectivity index (χ1n) is 3.93. The van der Waals surface area contributed by atoms with E-state index in [1.165, 1.54) is 11.1 Å². The molecule has 0 heteroatoms. The Bertz CT molecular complexity index is 317. The molecular formula is C12H10. The fourth-order valence-corrected chi connectivity index (χ4v) is 0.876. The van der Waals surface area contributed by atoms with Crippen LogP contribution in [0, 0.1) is 0 Å². The molecule has 0 atom stereocenters. The van der Waals surface area contributed by atoms with Crippen molar-refractivity contribution in [2.24, 2.45) is 0 Å². The minimum absolute atomic E-state index is 0.996. The molecule has 0 aromatic heterocycles. The smallest absolute Gasteiger partial charge is 0.0250 e. The molecule has 0 aliphatic heterocycles. The maximum absolute atomic E-state index is 3.93. The van der Waals surface area contributed by atoms with E-state index in [-0.39, 0.29) is 0 Å². The van der Waals surface area contributed by atoms with Gasteiger partial charge < -0.3 is 0 Å². The lowest BCUT2D eigenvalue weighted by Crippen LogP contribution is -1.77. The third kappa shape index (κ3) is 1.73. The van der Waals surface area contributed by atoms with Crippen LogP contribution in [0.2, 0.25) is 0 Å². The number of hydrogen-bond acceptors (Lipinski definition) is 0. The highest BCUT2D eigenvalue weighted by Crippen LogP contribution is 2.23. The van der Waals surface area contributed by atoms with Crippen LogP contribution in [0.4, 0.5) is 0 Å². The second-order valence-electron chi connectivity index (χ2n) is 3.01. The molecular weight excluding hydrogens is 144 g/mol. The van der Waals surface area contributed by atoms with Crippen LogP contribution in [-0.2, 0) is 0 Å². The molecule has 2 aliphatic carbocycles. The van der Waals surface area contributed by atoms with Gasteiger partial charge in [0.1, 0.15) is 0 Å². The highest BCUT2D eigenvalue weighted by Gasteiger charge is 2.03. The van der Waals surface area contributed by atoms with Crippen LogP contribution in [0.1, 0.15) is 0 Å². The predicted molar refractivity (Wildman–Crippen MR) is 52.7 cm³/mol. The summed E-state index contributed by atoms with van der Waals surface area (Å²) in [7, 11) is 0. The molecule has 0 saturated carbocycles. The molecule has 12 heavy (non-hydrogen) atoms. The Morgan fingerprint density at radius 3 is 1.42 bits per heavy atom. The van der Waals surface area contributed by atoms with Gasteiger partial charge in [0.05, 0.1) is 0 Å². The monoisotopic (exact) mass is 154 g/mol. The molecule has 0 aromatic carbocycles. The van der Waals surface area contributed by atoms with Gasteiger partial charge in [0.15, 0.2) is 0 Å². The summed E-state index contributed by atoms with van der Waals surface area (Å²) in [5, 5.41) is 0. The van der Waals surface area contributed by atoms with Gasteiger partial charge in [-0.2, -0.15) is 0 Å². The van der Waals surface area contributed by atoms with Gasteiger partial charge in [0.2, 0.25) is 0 Å². The largest absolute Gasteiger partial charge is 0.0912 e. The first kappa shape index (κ1) is 7.11. The van der Waals surface area contributed by atoms with Crippen molar-refractivity contribution in [3.05, 3.63) is 71.9 Å². The summed E-state index contributed by atoms with van der Waals surface area (Å²) < 4.78 is 0. The van der Waals surface area contributed by atoms with E-state index in [1.54, 1.807) is 0 Å². The van der Waals surface area contributed by atoms with Crippen molar-refractivity contribution in [2.45, 2.75) is 0 Å². The molecule has 0 unspecified atom stereocenters. The van der Waals surface area contributed by atoms with Crippen molar-refractivity contribution in [3.8, 4) is 0 Å². The molecule has 58 valence electrons. The van der Waals surface area contributed by atoms with Crippen LogP contribution in [-0.4, -0.2) is 0 Å². The number of allylic oxidation sites excluding steroid dienone is 10. The second kappa shape index (κ2) is 2.49. The van der Waals surface area contributed by atoms with Gasteiger partial charge >= 0.3 is 0 Å². The molecule has 0 saturated heterocycles. The third-order valence-electron chi connectivity index (χ3n) is 1.81. The Kier molecular flexibility index (Phi) is 1.47. The van der Waals surface area contributed by atoms with Crippen molar-refractivity contribution < 1.29 is 0 Å². The van der Waals surface area contributed by atoms with E-state index in [9.17, 15) is 0 Å². The van der Waals surface area contributed by atoms with Crippen LogP contribution in [0.5, 0.6) is 0 Å². The third-order valence-corrected chi connectivity index (χ3v) is 1.81. The van der Waals surface area contributed by atoms with Gasteiger partial charge in [0.25, 0.3) is 0 Å². The van der Waals surface area contributed by atoms with Crippen molar-refractivity contribution in [1.29, 1.82) is 0 Å². The quantitative estimate of drug-likeness (QED) is 0.548. The summed E-state index contributed by atoms with van der Waals surface area (Å²) in [4.78, 5) is 0. The van der Waals surface area contributed by atoms with Crippen LogP contribution < -0.4 is 0 Å². The minimum atomic E-state index is 0.996. The molecule has 2 aliphatic rings. The first-order chi connectivity index (χ1) is 5.75. The van der Waals surface area contributed by atoms with Gasteiger partial charge in [0, 0.05) is 0 Å². The van der Waals surface area contributed by atoms with Gasteiger partial charge in [-0.1, -0.05) is 37.5 Å². The topological polar surface area (TPSA) is 0 Å². The fourth-order valence-electron chi connectivity index (χ4n) is 0.876. The van der Waals surface area contributed by atoms with E-state index >= 15 is 0 Å². The summed E-state index contributed by atoms with van der Waals surface area (Å²) in [6.07, 6.45) is 12.3. The van der Waals surface area contributed by atoms with Crippen LogP contribution in [0.15, 0.2) is 71.9 Å². The average molecular weight is 154 g/mol. The lowest BCUT2D eigenvalue weighted by atomic mass is 10.1. The van der Waals surface area contributed by atoms with Crippen molar-refractivity contribution in [2.75, 3.05) is 0 Å². The van der Waals surface area contributed by atoms with Crippen molar-refractivity contribution >= 4 is 0 Å². The summed E-state index contributed by atoms with van der Waals surface area (Å²) in [6, 6.07) is 0. The lowest BCUT2D eigenvalue weighted by Gasteiger charge is -1.96. The summed E-state index contributed by atoms with van der Waals surface area (Å²) in [5.41, 5.74) is 4.50. The normalized spacial score (nSPS) is 16.0. The molecule has 0 bridgehead atoms. The molecule has 2 rings (SSSR count). The zero-order valence-electron chi connectivity index (χ0n) is 6.88. The Morgan fingerprint density at radius 1 is 0.833 bits per heavy atom. The lowest BCUT2D eigenvalue weighted by molar-refractivity contribution is 1.59. The van der Waals surface area contributed by atoms with Crippen molar-refractivity contribution in [1.82, 2.24) is 0 Å². The van der Waals surface area contributed by atoms with Gasteiger partial charge in [-0.15, -0.1) is 0 Å². The molecule has 0 radical (unpaired) electrons. The van der Waals surface area contributed by atoms with Gasteiger partial charge in [-0.3, -0.25) is 0 Å². The highest BCUT2D eigenvalue weighted by molar-refractivity contribution is 5.58. The molecule has 0 spiro atoms. The van der Waals surface area contributed by atoms with Crippen LogP contribution in [0.3, 0.4) is 0 Å². The Labute approximate surface area is 72.6 Å². The van der Waals surface area contributed by atoms with Crippen LogP contribution in [0.25, 0.3) is 0 Å².